The zero-order chi connectivity index (χ0) is 16.7. The van der Waals surface area contributed by atoms with Gasteiger partial charge in [0, 0.05) is 18.0 Å². The summed E-state index contributed by atoms with van der Waals surface area (Å²) in [6, 6.07) is 0.376. The van der Waals surface area contributed by atoms with Crippen LogP contribution >= 0.6 is 0 Å². The van der Waals surface area contributed by atoms with Crippen molar-refractivity contribution in [1.29, 1.82) is 0 Å². The van der Waals surface area contributed by atoms with Gasteiger partial charge in [-0.1, -0.05) is 39.0 Å². The number of alkyl halides is 1. The normalized spacial score (nSPS) is 48.4. The molecule has 3 aliphatic carbocycles. The Hall–Kier alpha value is -0.640. The first-order valence-electron chi connectivity index (χ1n) is 10.3. The van der Waals surface area contributed by atoms with Crippen molar-refractivity contribution in [2.75, 3.05) is 0 Å². The lowest BCUT2D eigenvalue weighted by Gasteiger charge is -2.42. The molecular formula is C20H33FN2O. The minimum Gasteiger partial charge on any atom is -0.352 e. The first kappa shape index (κ1) is 16.8. The van der Waals surface area contributed by atoms with Crippen molar-refractivity contribution in [2.24, 2.45) is 23.7 Å². The molecule has 1 heterocycles. The number of hydrogen-bond acceptors (Lipinski definition) is 2. The van der Waals surface area contributed by atoms with Crippen LogP contribution in [0.5, 0.6) is 0 Å². The Morgan fingerprint density at radius 3 is 2.62 bits per heavy atom. The molecule has 0 aromatic rings. The minimum absolute atomic E-state index is 0.0401. The summed E-state index contributed by atoms with van der Waals surface area (Å²) in [6.07, 6.45) is 10.6. The van der Waals surface area contributed by atoms with Gasteiger partial charge in [-0.2, -0.15) is 0 Å². The Kier molecular flexibility index (Phi) is 4.86. The maximum Gasteiger partial charge on any atom is 0.237 e. The van der Waals surface area contributed by atoms with Crippen LogP contribution in [0, 0.1) is 23.7 Å². The maximum atomic E-state index is 14.3. The second-order valence-corrected chi connectivity index (χ2v) is 8.97. The van der Waals surface area contributed by atoms with Crippen LogP contribution in [-0.4, -0.2) is 30.2 Å². The highest BCUT2D eigenvalue weighted by Crippen LogP contribution is 2.41. The fourth-order valence-electron chi connectivity index (χ4n) is 6.20. The van der Waals surface area contributed by atoms with Crippen LogP contribution in [0.4, 0.5) is 4.39 Å². The lowest BCUT2D eigenvalue weighted by atomic mass is 9.68. The molecule has 0 spiro atoms. The quantitative estimate of drug-likeness (QED) is 0.809. The molecule has 1 aliphatic heterocycles. The number of nitrogens with one attached hydrogen (secondary N) is 2. The van der Waals surface area contributed by atoms with Crippen LogP contribution in [0.2, 0.25) is 0 Å². The van der Waals surface area contributed by atoms with E-state index in [4.69, 9.17) is 0 Å². The van der Waals surface area contributed by atoms with E-state index in [1.54, 1.807) is 0 Å². The van der Waals surface area contributed by atoms with Crippen molar-refractivity contribution in [1.82, 2.24) is 10.6 Å². The number of carbonyl (C=O) groups excluding carboxylic acids is 1. The minimum atomic E-state index is -0.728. The molecule has 1 amide bonds. The number of amides is 1. The summed E-state index contributed by atoms with van der Waals surface area (Å²) >= 11 is 0. The molecule has 1 saturated heterocycles. The van der Waals surface area contributed by atoms with Gasteiger partial charge in [-0.05, 0) is 49.9 Å². The third-order valence-electron chi connectivity index (χ3n) is 7.56. The third kappa shape index (κ3) is 3.11. The first-order valence-corrected chi connectivity index (χ1v) is 10.3. The zero-order valence-corrected chi connectivity index (χ0v) is 15.0. The molecule has 136 valence electrons. The SMILES string of the molecule is CC1CCC(F)C2CC(C(=O)NC3CCCC4CCCCC43)NC12. The van der Waals surface area contributed by atoms with Gasteiger partial charge in [0.2, 0.25) is 5.91 Å². The average molecular weight is 336 g/mol. The molecule has 0 aromatic carbocycles. The number of fused-ring (bicyclic) bond motifs is 2. The van der Waals surface area contributed by atoms with Gasteiger partial charge in [0.1, 0.15) is 6.17 Å². The van der Waals surface area contributed by atoms with E-state index in [2.05, 4.69) is 17.6 Å². The molecule has 24 heavy (non-hydrogen) atoms. The zero-order valence-electron chi connectivity index (χ0n) is 15.0. The summed E-state index contributed by atoms with van der Waals surface area (Å²) in [6.45, 7) is 2.20. The van der Waals surface area contributed by atoms with Crippen molar-refractivity contribution in [3.8, 4) is 0 Å². The fraction of sp³-hybridized carbons (Fsp3) is 0.950. The molecule has 0 bridgehead atoms. The predicted octanol–water partition coefficient (Wildman–Crippen LogP) is 3.58. The summed E-state index contributed by atoms with van der Waals surface area (Å²) in [7, 11) is 0. The summed E-state index contributed by atoms with van der Waals surface area (Å²) in [5.41, 5.74) is 0. The smallest absolute Gasteiger partial charge is 0.237 e. The van der Waals surface area contributed by atoms with E-state index in [0.717, 1.165) is 18.8 Å². The fourth-order valence-corrected chi connectivity index (χ4v) is 6.20. The molecule has 4 fully saturated rings. The topological polar surface area (TPSA) is 41.1 Å². The van der Waals surface area contributed by atoms with Gasteiger partial charge in [0.25, 0.3) is 0 Å². The van der Waals surface area contributed by atoms with E-state index in [1.165, 1.54) is 38.5 Å². The third-order valence-corrected chi connectivity index (χ3v) is 7.56. The van der Waals surface area contributed by atoms with Crippen LogP contribution in [-0.2, 0) is 4.79 Å². The molecule has 4 aliphatic rings. The molecule has 8 unspecified atom stereocenters. The molecule has 3 nitrogen and oxygen atoms in total. The molecule has 3 saturated carbocycles. The van der Waals surface area contributed by atoms with Crippen LogP contribution in [0.3, 0.4) is 0 Å². The maximum absolute atomic E-state index is 14.3. The summed E-state index contributed by atoms with van der Waals surface area (Å²) in [4.78, 5) is 12.8. The number of halogens is 1. The van der Waals surface area contributed by atoms with Crippen molar-refractivity contribution >= 4 is 5.91 Å². The van der Waals surface area contributed by atoms with Crippen molar-refractivity contribution in [3.05, 3.63) is 0 Å². The predicted molar refractivity (Wildman–Crippen MR) is 93.3 cm³/mol. The Balaban J connectivity index is 1.38. The lowest BCUT2D eigenvalue weighted by Crippen LogP contribution is -2.52. The molecule has 4 heteroatoms. The van der Waals surface area contributed by atoms with Crippen LogP contribution in [0.15, 0.2) is 0 Å². The number of hydrogen-bond donors (Lipinski definition) is 2. The summed E-state index contributed by atoms with van der Waals surface area (Å²) in [5.74, 6) is 2.18. The Bertz CT molecular complexity index is 451. The molecular weight excluding hydrogens is 303 g/mol. The summed E-state index contributed by atoms with van der Waals surface area (Å²) in [5, 5.41) is 6.86. The van der Waals surface area contributed by atoms with Crippen LogP contribution in [0.25, 0.3) is 0 Å². The molecule has 0 radical (unpaired) electrons. The first-order chi connectivity index (χ1) is 11.6. The molecule has 0 aromatic heterocycles. The van der Waals surface area contributed by atoms with Gasteiger partial charge in [0.15, 0.2) is 0 Å². The monoisotopic (exact) mass is 336 g/mol. The Morgan fingerprint density at radius 2 is 1.79 bits per heavy atom. The number of carbonyl (C=O) groups is 1. The van der Waals surface area contributed by atoms with Gasteiger partial charge in [-0.3, -0.25) is 4.79 Å². The van der Waals surface area contributed by atoms with E-state index in [1.807, 2.05) is 0 Å². The van der Waals surface area contributed by atoms with Crippen LogP contribution in [0.1, 0.15) is 71.1 Å². The van der Waals surface area contributed by atoms with E-state index in [9.17, 15) is 9.18 Å². The second-order valence-electron chi connectivity index (χ2n) is 8.97. The van der Waals surface area contributed by atoms with Crippen molar-refractivity contribution in [3.63, 3.8) is 0 Å². The van der Waals surface area contributed by atoms with E-state index < -0.39 is 6.17 Å². The molecule has 4 rings (SSSR count). The lowest BCUT2D eigenvalue weighted by molar-refractivity contribution is -0.124. The highest BCUT2D eigenvalue weighted by Gasteiger charge is 2.47. The van der Waals surface area contributed by atoms with Gasteiger partial charge < -0.3 is 10.6 Å². The summed E-state index contributed by atoms with van der Waals surface area (Å²) < 4.78 is 14.3. The van der Waals surface area contributed by atoms with E-state index in [-0.39, 0.29) is 23.9 Å². The highest BCUT2D eigenvalue weighted by atomic mass is 19.1. The second kappa shape index (κ2) is 6.93. The Morgan fingerprint density at radius 1 is 1.00 bits per heavy atom. The van der Waals surface area contributed by atoms with Crippen molar-refractivity contribution < 1.29 is 9.18 Å². The van der Waals surface area contributed by atoms with Gasteiger partial charge in [-0.15, -0.1) is 0 Å². The van der Waals surface area contributed by atoms with E-state index >= 15 is 0 Å². The Labute approximate surface area is 145 Å². The van der Waals surface area contributed by atoms with Crippen molar-refractivity contribution in [2.45, 2.75) is 95.4 Å². The average Bonchev–Trinajstić information content (AvgIpc) is 3.05. The van der Waals surface area contributed by atoms with E-state index in [0.29, 0.717) is 30.7 Å². The number of rotatable bonds is 2. The van der Waals surface area contributed by atoms with Crippen LogP contribution < -0.4 is 10.6 Å². The largest absolute Gasteiger partial charge is 0.352 e. The highest BCUT2D eigenvalue weighted by molar-refractivity contribution is 5.82. The molecule has 2 N–H and O–H groups in total. The van der Waals surface area contributed by atoms with Gasteiger partial charge in [-0.25, -0.2) is 4.39 Å². The molecule has 8 atom stereocenters. The van der Waals surface area contributed by atoms with Gasteiger partial charge >= 0.3 is 0 Å². The van der Waals surface area contributed by atoms with Gasteiger partial charge in [0.05, 0.1) is 6.04 Å². The standard InChI is InChI=1S/C20H33FN2O/c1-12-9-10-16(21)15-11-18(22-19(12)15)20(24)23-17-8-4-6-13-5-2-3-7-14(13)17/h12-19,22H,2-11H2,1H3,(H,23,24).